The van der Waals surface area contributed by atoms with E-state index in [4.69, 9.17) is 0 Å². The van der Waals surface area contributed by atoms with Gasteiger partial charge >= 0.3 is 0 Å². The molecule has 1 N–H and O–H groups in total. The quantitative estimate of drug-likeness (QED) is 0.640. The van der Waals surface area contributed by atoms with Crippen LogP contribution in [0.2, 0.25) is 0 Å². The van der Waals surface area contributed by atoms with Crippen molar-refractivity contribution in [1.29, 1.82) is 0 Å². The topological polar surface area (TPSA) is 69.7 Å². The number of nitrogens with zero attached hydrogens (tertiary/aromatic N) is 2. The Morgan fingerprint density at radius 2 is 1.64 bits per heavy atom. The smallest absolute Gasteiger partial charge is 0.249 e. The van der Waals surface area contributed by atoms with Gasteiger partial charge in [0.25, 0.3) is 0 Å². The maximum atomic E-state index is 12.6. The van der Waals surface area contributed by atoms with E-state index in [1.807, 2.05) is 36.4 Å². The molecule has 0 bridgehead atoms. The molecule has 4 rings (SSSR count). The zero-order valence-corrected chi connectivity index (χ0v) is 15.7. The number of piperazine rings is 1. The number of Topliss-reactive ketones (excluding diaryl/α,β-unsaturated/α-hetero) is 2. The molecule has 2 fully saturated rings. The normalized spacial score (nSPS) is 24.2. The number of likely N-dealkylation sites (N-methyl/N-ethyl adjacent to an activating group) is 1. The predicted octanol–water partition coefficient (Wildman–Crippen LogP) is 1.18. The molecule has 1 amide bonds. The Morgan fingerprint density at radius 1 is 1.00 bits per heavy atom. The average Bonchev–Trinajstić information content (AvgIpc) is 2.73. The van der Waals surface area contributed by atoms with Gasteiger partial charge in [0.15, 0.2) is 6.04 Å². The number of fused-ring (bicyclic) bond motifs is 1. The minimum atomic E-state index is -1.08. The molecule has 28 heavy (non-hydrogen) atoms. The number of rotatable bonds is 4. The van der Waals surface area contributed by atoms with Crippen molar-refractivity contribution >= 4 is 17.5 Å². The molecule has 0 spiro atoms. The highest BCUT2D eigenvalue weighted by Gasteiger charge is 2.50. The Bertz CT molecular complexity index is 884. The Balaban J connectivity index is 1.73. The van der Waals surface area contributed by atoms with E-state index in [1.165, 1.54) is 5.56 Å². The zero-order chi connectivity index (χ0) is 19.7. The van der Waals surface area contributed by atoms with E-state index in [-0.39, 0.29) is 24.4 Å². The first-order valence-corrected chi connectivity index (χ1v) is 9.49. The van der Waals surface area contributed by atoms with Crippen LogP contribution < -0.4 is 5.43 Å². The van der Waals surface area contributed by atoms with Crippen LogP contribution in [0.4, 0.5) is 0 Å². The Hall–Kier alpha value is -2.83. The monoisotopic (exact) mass is 377 g/mol. The number of hydrogen-bond acceptors (Lipinski definition) is 5. The van der Waals surface area contributed by atoms with Gasteiger partial charge in [0.1, 0.15) is 0 Å². The van der Waals surface area contributed by atoms with E-state index in [0.717, 1.165) is 12.0 Å². The summed E-state index contributed by atoms with van der Waals surface area (Å²) in [7, 11) is 1.70. The highest BCUT2D eigenvalue weighted by Crippen LogP contribution is 2.32. The molecule has 3 atom stereocenters. The second-order valence-corrected chi connectivity index (χ2v) is 7.43. The molecule has 3 unspecified atom stereocenters. The van der Waals surface area contributed by atoms with Crippen LogP contribution in [0, 0.1) is 0 Å². The van der Waals surface area contributed by atoms with Gasteiger partial charge in [-0.2, -0.15) is 0 Å². The van der Waals surface area contributed by atoms with Crippen molar-refractivity contribution in [2.45, 2.75) is 24.4 Å². The van der Waals surface area contributed by atoms with Crippen molar-refractivity contribution in [3.8, 4) is 0 Å². The molecular formula is C22H23N3O3. The largest absolute Gasteiger partial charge is 0.342 e. The molecule has 0 aliphatic carbocycles. The second kappa shape index (κ2) is 7.66. The summed E-state index contributed by atoms with van der Waals surface area (Å²) in [4.78, 5) is 38.7. The van der Waals surface area contributed by atoms with Gasteiger partial charge in [0, 0.05) is 19.5 Å². The van der Waals surface area contributed by atoms with Gasteiger partial charge in [-0.1, -0.05) is 60.7 Å². The first-order valence-electron chi connectivity index (χ1n) is 9.49. The number of nitrogens with one attached hydrogen (secondary N) is 1. The number of benzene rings is 2. The lowest BCUT2D eigenvalue weighted by Crippen LogP contribution is -2.73. The van der Waals surface area contributed by atoms with Gasteiger partial charge in [0.05, 0.1) is 12.6 Å². The van der Waals surface area contributed by atoms with Crippen molar-refractivity contribution in [3.63, 3.8) is 0 Å². The summed E-state index contributed by atoms with van der Waals surface area (Å²) in [6, 6.07) is 19.1. The van der Waals surface area contributed by atoms with E-state index >= 15 is 0 Å². The molecule has 2 saturated heterocycles. The molecule has 2 aromatic rings. The van der Waals surface area contributed by atoms with Gasteiger partial charge in [-0.15, -0.1) is 0 Å². The van der Waals surface area contributed by atoms with Gasteiger partial charge in [-0.25, -0.2) is 10.4 Å². The fourth-order valence-electron chi connectivity index (χ4n) is 4.19. The first kappa shape index (κ1) is 18.5. The molecular weight excluding hydrogens is 354 g/mol. The van der Waals surface area contributed by atoms with Crippen LogP contribution in [0.5, 0.6) is 0 Å². The SMILES string of the molecule is CN1CC(C(Cc2ccccc2)c2ccccc2)N2NCC(=O)C(=O)C2C1=O. The Labute approximate surface area is 164 Å². The third-order valence-electron chi connectivity index (χ3n) is 5.64. The van der Waals surface area contributed by atoms with Crippen LogP contribution in [0.25, 0.3) is 0 Å². The molecule has 0 radical (unpaired) electrons. The summed E-state index contributed by atoms with van der Waals surface area (Å²) in [6.45, 7) is 0.422. The lowest BCUT2D eigenvalue weighted by Gasteiger charge is -2.48. The third-order valence-corrected chi connectivity index (χ3v) is 5.64. The molecule has 2 aromatic carbocycles. The highest BCUT2D eigenvalue weighted by molar-refractivity contribution is 6.44. The van der Waals surface area contributed by atoms with Crippen LogP contribution in [-0.2, 0) is 20.8 Å². The first-order chi connectivity index (χ1) is 13.6. The zero-order valence-electron chi connectivity index (χ0n) is 15.7. The molecule has 6 nitrogen and oxygen atoms in total. The summed E-state index contributed by atoms with van der Waals surface area (Å²) < 4.78 is 0. The number of carbonyl (C=O) groups excluding carboxylic acids is 3. The van der Waals surface area contributed by atoms with Crippen LogP contribution >= 0.6 is 0 Å². The van der Waals surface area contributed by atoms with Crippen LogP contribution in [0.1, 0.15) is 17.0 Å². The maximum Gasteiger partial charge on any atom is 0.249 e. The van der Waals surface area contributed by atoms with Crippen LogP contribution in [0.3, 0.4) is 0 Å². The fraction of sp³-hybridized carbons (Fsp3) is 0.318. The average molecular weight is 377 g/mol. The Morgan fingerprint density at radius 3 is 2.32 bits per heavy atom. The summed E-state index contributed by atoms with van der Waals surface area (Å²) >= 11 is 0. The number of hydrogen-bond donors (Lipinski definition) is 1. The molecule has 0 saturated carbocycles. The Kier molecular flexibility index (Phi) is 5.07. The molecule has 6 heteroatoms. The highest BCUT2D eigenvalue weighted by atomic mass is 16.2. The minimum Gasteiger partial charge on any atom is -0.342 e. The summed E-state index contributed by atoms with van der Waals surface area (Å²) in [5, 5.41) is 1.73. The van der Waals surface area contributed by atoms with Crippen molar-refractivity contribution in [2.24, 2.45) is 0 Å². The number of hydrazine groups is 1. The number of carbonyl (C=O) groups is 3. The van der Waals surface area contributed by atoms with Crippen LogP contribution in [-0.4, -0.2) is 59.6 Å². The fourth-order valence-corrected chi connectivity index (χ4v) is 4.19. The lowest BCUT2D eigenvalue weighted by molar-refractivity contribution is -0.162. The molecule has 0 aromatic heterocycles. The lowest BCUT2D eigenvalue weighted by atomic mass is 9.82. The molecule has 2 heterocycles. The van der Waals surface area contributed by atoms with E-state index in [2.05, 4.69) is 29.7 Å². The molecule has 2 aliphatic heterocycles. The van der Waals surface area contributed by atoms with Crippen molar-refractivity contribution in [3.05, 3.63) is 71.8 Å². The van der Waals surface area contributed by atoms with Crippen molar-refractivity contribution in [2.75, 3.05) is 20.1 Å². The second-order valence-electron chi connectivity index (χ2n) is 7.43. The van der Waals surface area contributed by atoms with Crippen molar-refractivity contribution < 1.29 is 14.4 Å². The van der Waals surface area contributed by atoms with Gasteiger partial charge < -0.3 is 4.90 Å². The van der Waals surface area contributed by atoms with E-state index in [0.29, 0.717) is 6.54 Å². The number of ketones is 2. The standard InChI is InChI=1S/C22H23N3O3/c1-24-14-18(25-20(22(24)28)21(27)19(26)13-23-25)17(16-10-6-3-7-11-16)12-15-8-4-2-5-9-15/h2-11,17-18,20,23H,12-14H2,1H3. The number of amides is 1. The van der Waals surface area contributed by atoms with E-state index in [1.54, 1.807) is 17.0 Å². The molecule has 2 aliphatic rings. The minimum absolute atomic E-state index is 0.0511. The van der Waals surface area contributed by atoms with Gasteiger partial charge in [-0.05, 0) is 17.5 Å². The van der Waals surface area contributed by atoms with Gasteiger partial charge in [-0.3, -0.25) is 14.4 Å². The summed E-state index contributed by atoms with van der Waals surface area (Å²) in [5.41, 5.74) is 5.38. The maximum absolute atomic E-state index is 12.6. The van der Waals surface area contributed by atoms with Crippen molar-refractivity contribution in [1.82, 2.24) is 15.3 Å². The van der Waals surface area contributed by atoms with E-state index < -0.39 is 17.6 Å². The third kappa shape index (κ3) is 3.37. The van der Waals surface area contributed by atoms with Crippen LogP contribution in [0.15, 0.2) is 60.7 Å². The summed E-state index contributed by atoms with van der Waals surface area (Å²) in [5.74, 6) is -1.43. The van der Waals surface area contributed by atoms with E-state index in [9.17, 15) is 14.4 Å². The molecule has 144 valence electrons. The summed E-state index contributed by atoms with van der Waals surface area (Å²) in [6.07, 6.45) is 0.768. The predicted molar refractivity (Wildman–Crippen MR) is 104 cm³/mol. The van der Waals surface area contributed by atoms with Gasteiger partial charge in [0.2, 0.25) is 17.5 Å².